The van der Waals surface area contributed by atoms with E-state index in [1.54, 1.807) is 0 Å². The zero-order valence-corrected chi connectivity index (χ0v) is 10.2. The van der Waals surface area contributed by atoms with Crippen molar-refractivity contribution < 1.29 is 28.9 Å². The fourth-order valence-electron chi connectivity index (χ4n) is 1.43. The number of benzene rings is 1. The van der Waals surface area contributed by atoms with Crippen LogP contribution >= 0.6 is 0 Å². The number of aliphatic hydroxyl groups is 1. The lowest BCUT2D eigenvalue weighted by atomic mass is 10.1. The molecule has 1 rings (SSSR count). The second kappa shape index (κ2) is 6.69. The highest BCUT2D eigenvalue weighted by Crippen LogP contribution is 2.18. The first-order chi connectivity index (χ1) is 8.99. The molecule has 0 saturated heterocycles. The molecule has 0 spiro atoms. The van der Waals surface area contributed by atoms with Crippen molar-refractivity contribution in [3.05, 3.63) is 29.6 Å². The highest BCUT2D eigenvalue weighted by atomic mass is 19.1. The number of aliphatic hydroxyl groups excluding tert-OH is 1. The maximum absolute atomic E-state index is 13.2. The lowest BCUT2D eigenvalue weighted by Crippen LogP contribution is -2.41. The Bertz CT molecular complexity index is 477. The summed E-state index contributed by atoms with van der Waals surface area (Å²) in [5.41, 5.74) is 0.0717. The Balaban J connectivity index is 2.85. The standard InChI is InChI=1S/C12H14FNO5/c1-19-10-6-7(2-3-8(10)13)11(16)14-9(4-5-15)12(17)18/h2-3,6,9,15H,4-5H2,1H3,(H,14,16)(H,17,18)/t9-/m1/s1. The van der Waals surface area contributed by atoms with Gasteiger partial charge in [-0.25, -0.2) is 9.18 Å². The number of carboxylic acids is 1. The molecule has 7 heteroatoms. The molecule has 6 nitrogen and oxygen atoms in total. The minimum atomic E-state index is -1.25. The third kappa shape index (κ3) is 3.92. The van der Waals surface area contributed by atoms with E-state index >= 15 is 0 Å². The molecule has 0 aliphatic carbocycles. The van der Waals surface area contributed by atoms with E-state index < -0.39 is 23.7 Å². The number of halogens is 1. The number of hydrogen-bond donors (Lipinski definition) is 3. The van der Waals surface area contributed by atoms with Gasteiger partial charge in [-0.3, -0.25) is 4.79 Å². The Morgan fingerprint density at radius 3 is 2.68 bits per heavy atom. The van der Waals surface area contributed by atoms with Gasteiger partial charge < -0.3 is 20.3 Å². The van der Waals surface area contributed by atoms with Crippen LogP contribution in [0.2, 0.25) is 0 Å². The van der Waals surface area contributed by atoms with Crippen LogP contribution in [-0.2, 0) is 4.79 Å². The molecule has 0 radical (unpaired) electrons. The number of aliphatic carboxylic acids is 1. The van der Waals surface area contributed by atoms with Crippen LogP contribution in [0.15, 0.2) is 18.2 Å². The molecule has 104 valence electrons. The lowest BCUT2D eigenvalue weighted by Gasteiger charge is -2.13. The van der Waals surface area contributed by atoms with E-state index in [0.717, 1.165) is 6.07 Å². The number of carbonyl (C=O) groups excluding carboxylic acids is 1. The molecule has 0 unspecified atom stereocenters. The summed E-state index contributed by atoms with van der Waals surface area (Å²) in [6.45, 7) is -0.371. The van der Waals surface area contributed by atoms with Crippen LogP contribution in [0.1, 0.15) is 16.8 Å². The maximum Gasteiger partial charge on any atom is 0.326 e. The zero-order valence-electron chi connectivity index (χ0n) is 10.2. The third-order valence-corrected chi connectivity index (χ3v) is 2.43. The van der Waals surface area contributed by atoms with Crippen molar-refractivity contribution in [1.29, 1.82) is 0 Å². The van der Waals surface area contributed by atoms with Crippen molar-refractivity contribution in [3.63, 3.8) is 0 Å². The molecular formula is C12H14FNO5. The molecule has 0 aromatic heterocycles. The number of ether oxygens (including phenoxy) is 1. The van der Waals surface area contributed by atoms with Gasteiger partial charge in [-0.15, -0.1) is 0 Å². The Hall–Kier alpha value is -2.15. The molecule has 1 amide bonds. The first-order valence-electron chi connectivity index (χ1n) is 5.47. The van der Waals surface area contributed by atoms with Crippen LogP contribution in [0.3, 0.4) is 0 Å². The van der Waals surface area contributed by atoms with E-state index in [1.165, 1.54) is 19.2 Å². The number of carbonyl (C=O) groups is 2. The fourth-order valence-corrected chi connectivity index (χ4v) is 1.43. The molecule has 0 fully saturated rings. The Morgan fingerprint density at radius 1 is 1.47 bits per heavy atom. The average molecular weight is 271 g/mol. The summed E-state index contributed by atoms with van der Waals surface area (Å²) in [5.74, 6) is -2.67. The first-order valence-corrected chi connectivity index (χ1v) is 5.47. The van der Waals surface area contributed by atoms with Gasteiger partial charge in [-0.05, 0) is 18.2 Å². The molecular weight excluding hydrogens is 257 g/mol. The van der Waals surface area contributed by atoms with E-state index in [1.807, 2.05) is 0 Å². The van der Waals surface area contributed by atoms with Crippen LogP contribution in [0.4, 0.5) is 4.39 Å². The second-order valence-electron chi connectivity index (χ2n) is 3.73. The predicted octanol–water partition coefficient (Wildman–Crippen LogP) is 0.400. The molecule has 3 N–H and O–H groups in total. The van der Waals surface area contributed by atoms with Gasteiger partial charge in [-0.2, -0.15) is 0 Å². The van der Waals surface area contributed by atoms with E-state index in [-0.39, 0.29) is 24.3 Å². The number of methoxy groups -OCH3 is 1. The summed E-state index contributed by atoms with van der Waals surface area (Å²) in [4.78, 5) is 22.6. The predicted molar refractivity (Wildman–Crippen MR) is 63.5 cm³/mol. The molecule has 1 aromatic rings. The summed E-state index contributed by atoms with van der Waals surface area (Å²) < 4.78 is 17.9. The summed E-state index contributed by atoms with van der Waals surface area (Å²) in [6, 6.07) is 2.23. The number of nitrogens with one attached hydrogen (secondary N) is 1. The van der Waals surface area contributed by atoms with Crippen LogP contribution in [0, 0.1) is 5.82 Å². The van der Waals surface area contributed by atoms with Crippen molar-refractivity contribution >= 4 is 11.9 Å². The average Bonchev–Trinajstić information content (AvgIpc) is 2.38. The Labute approximate surface area is 108 Å². The minimum absolute atomic E-state index is 0.0717. The Kier molecular flexibility index (Phi) is 5.25. The number of hydrogen-bond acceptors (Lipinski definition) is 4. The van der Waals surface area contributed by atoms with E-state index in [2.05, 4.69) is 5.32 Å². The van der Waals surface area contributed by atoms with E-state index in [0.29, 0.717) is 0 Å². The van der Waals surface area contributed by atoms with Crippen molar-refractivity contribution in [2.45, 2.75) is 12.5 Å². The van der Waals surface area contributed by atoms with Crippen LogP contribution in [-0.4, -0.2) is 41.8 Å². The molecule has 19 heavy (non-hydrogen) atoms. The number of rotatable bonds is 6. The summed E-state index contributed by atoms with van der Waals surface area (Å²) in [6.07, 6.45) is -0.112. The summed E-state index contributed by atoms with van der Waals surface area (Å²) >= 11 is 0. The third-order valence-electron chi connectivity index (χ3n) is 2.43. The van der Waals surface area contributed by atoms with Gasteiger partial charge in [0.25, 0.3) is 5.91 Å². The highest BCUT2D eigenvalue weighted by molar-refractivity contribution is 5.96. The minimum Gasteiger partial charge on any atom is -0.494 e. The lowest BCUT2D eigenvalue weighted by molar-refractivity contribution is -0.139. The molecule has 0 aliphatic heterocycles. The van der Waals surface area contributed by atoms with Gasteiger partial charge in [0.2, 0.25) is 0 Å². The monoisotopic (exact) mass is 271 g/mol. The molecule has 1 atom stereocenters. The molecule has 0 saturated carbocycles. The largest absolute Gasteiger partial charge is 0.494 e. The smallest absolute Gasteiger partial charge is 0.326 e. The number of amides is 1. The second-order valence-corrected chi connectivity index (χ2v) is 3.73. The quantitative estimate of drug-likeness (QED) is 0.696. The SMILES string of the molecule is COc1cc(C(=O)N[C@H](CCO)C(=O)O)ccc1F. The first kappa shape index (κ1) is 14.9. The topological polar surface area (TPSA) is 95.9 Å². The van der Waals surface area contributed by atoms with Gasteiger partial charge in [-0.1, -0.05) is 0 Å². The van der Waals surface area contributed by atoms with Gasteiger partial charge in [0.05, 0.1) is 7.11 Å². The van der Waals surface area contributed by atoms with Gasteiger partial charge in [0, 0.05) is 18.6 Å². The molecule has 0 bridgehead atoms. The Morgan fingerprint density at radius 2 is 2.16 bits per heavy atom. The van der Waals surface area contributed by atoms with Crippen molar-refractivity contribution in [2.75, 3.05) is 13.7 Å². The molecule has 1 aromatic carbocycles. The van der Waals surface area contributed by atoms with Crippen LogP contribution in [0.5, 0.6) is 5.75 Å². The van der Waals surface area contributed by atoms with Crippen molar-refractivity contribution in [2.24, 2.45) is 0 Å². The van der Waals surface area contributed by atoms with Gasteiger partial charge in [0.15, 0.2) is 11.6 Å². The van der Waals surface area contributed by atoms with E-state index in [4.69, 9.17) is 14.9 Å². The van der Waals surface area contributed by atoms with Gasteiger partial charge >= 0.3 is 5.97 Å². The summed E-state index contributed by atoms with van der Waals surface area (Å²) in [5, 5.41) is 19.8. The molecule has 0 heterocycles. The summed E-state index contributed by atoms with van der Waals surface area (Å²) in [7, 11) is 1.26. The van der Waals surface area contributed by atoms with Crippen molar-refractivity contribution in [3.8, 4) is 5.75 Å². The van der Waals surface area contributed by atoms with Crippen LogP contribution < -0.4 is 10.1 Å². The maximum atomic E-state index is 13.2. The highest BCUT2D eigenvalue weighted by Gasteiger charge is 2.20. The van der Waals surface area contributed by atoms with Crippen LogP contribution in [0.25, 0.3) is 0 Å². The van der Waals surface area contributed by atoms with Crippen molar-refractivity contribution in [1.82, 2.24) is 5.32 Å². The molecule has 0 aliphatic rings. The normalized spacial score (nSPS) is 11.7. The fraction of sp³-hybridized carbons (Fsp3) is 0.333. The number of carboxylic acid groups (broad SMARTS) is 1. The van der Waals surface area contributed by atoms with Gasteiger partial charge in [0.1, 0.15) is 6.04 Å². The zero-order chi connectivity index (χ0) is 14.4. The van der Waals surface area contributed by atoms with E-state index in [9.17, 15) is 14.0 Å².